The molecule has 27 heavy (non-hydrogen) atoms. The summed E-state index contributed by atoms with van der Waals surface area (Å²) in [5, 5.41) is 4.63. The van der Waals surface area contributed by atoms with E-state index in [-0.39, 0.29) is 18.9 Å². The van der Waals surface area contributed by atoms with Crippen LogP contribution in [0.2, 0.25) is 0 Å². The van der Waals surface area contributed by atoms with Gasteiger partial charge < -0.3 is 15.0 Å². The van der Waals surface area contributed by atoms with Gasteiger partial charge in [-0.15, -0.1) is 0 Å². The molecule has 2 aromatic carbocycles. The Hall–Kier alpha value is -3.42. The van der Waals surface area contributed by atoms with Crippen LogP contribution in [0.15, 0.2) is 42.5 Å². The maximum Gasteiger partial charge on any atom is 0.321 e. The fourth-order valence-electron chi connectivity index (χ4n) is 3.02. The Kier molecular flexibility index (Phi) is 5.35. The average molecular weight is 371 g/mol. The van der Waals surface area contributed by atoms with Gasteiger partial charge >= 0.3 is 6.03 Å². The highest BCUT2D eigenvalue weighted by Crippen LogP contribution is 2.28. The van der Waals surface area contributed by atoms with Gasteiger partial charge in [0.1, 0.15) is 11.6 Å². The highest BCUT2D eigenvalue weighted by atomic mass is 19.1. The molecular formula is C19H18FN3O4. The number of nitrogens with zero attached hydrogens (tertiary/aromatic N) is 1. The molecule has 0 bridgehead atoms. The number of hydrogen-bond acceptors (Lipinski definition) is 4. The van der Waals surface area contributed by atoms with Crippen LogP contribution in [0.1, 0.15) is 27.5 Å². The normalized spacial score (nSPS) is 13.7. The lowest BCUT2D eigenvalue weighted by Gasteiger charge is -2.25. The molecule has 0 aliphatic carbocycles. The highest BCUT2D eigenvalue weighted by molar-refractivity contribution is 5.98. The van der Waals surface area contributed by atoms with E-state index in [1.165, 1.54) is 31.4 Å². The van der Waals surface area contributed by atoms with Crippen LogP contribution in [0.25, 0.3) is 0 Å². The molecule has 7 nitrogen and oxygen atoms in total. The number of hydrogen-bond donors (Lipinski definition) is 2. The SMILES string of the molecule is COc1ccc2c(c1)C(=O)N(C[C@H](NC(=O)NC=O)c1ccc(F)cc1)C2. The number of rotatable bonds is 6. The number of halogens is 1. The summed E-state index contributed by atoms with van der Waals surface area (Å²) in [6.07, 6.45) is 0.264. The molecule has 3 rings (SSSR count). The van der Waals surface area contributed by atoms with E-state index in [0.717, 1.165) is 5.56 Å². The number of methoxy groups -OCH3 is 1. The van der Waals surface area contributed by atoms with Crippen molar-refractivity contribution in [1.82, 2.24) is 15.5 Å². The molecule has 2 aromatic rings. The summed E-state index contributed by atoms with van der Waals surface area (Å²) in [6.45, 7) is 0.542. The second-order valence-corrected chi connectivity index (χ2v) is 6.05. The zero-order chi connectivity index (χ0) is 19.4. The van der Waals surface area contributed by atoms with Gasteiger partial charge in [0, 0.05) is 18.7 Å². The van der Waals surface area contributed by atoms with Gasteiger partial charge in [0.25, 0.3) is 5.91 Å². The number of amides is 4. The van der Waals surface area contributed by atoms with Gasteiger partial charge in [0.2, 0.25) is 6.41 Å². The first kappa shape index (κ1) is 18.4. The Bertz CT molecular complexity index is 870. The number of urea groups is 1. The molecule has 4 amide bonds. The smallest absolute Gasteiger partial charge is 0.321 e. The molecule has 0 saturated carbocycles. The van der Waals surface area contributed by atoms with Crippen LogP contribution in [-0.4, -0.2) is 36.9 Å². The van der Waals surface area contributed by atoms with Gasteiger partial charge in [-0.05, 0) is 35.4 Å². The van der Waals surface area contributed by atoms with Crippen molar-refractivity contribution in [1.29, 1.82) is 0 Å². The fourth-order valence-corrected chi connectivity index (χ4v) is 3.02. The predicted molar refractivity (Wildman–Crippen MR) is 94.6 cm³/mol. The molecule has 0 fully saturated rings. The number of carbonyl (C=O) groups is 3. The van der Waals surface area contributed by atoms with Crippen molar-refractivity contribution in [3.05, 3.63) is 65.0 Å². The number of ether oxygens (including phenoxy) is 1. The molecule has 0 unspecified atom stereocenters. The molecule has 1 atom stereocenters. The van der Waals surface area contributed by atoms with E-state index in [1.807, 2.05) is 11.4 Å². The quantitative estimate of drug-likeness (QED) is 0.760. The van der Waals surface area contributed by atoms with Gasteiger partial charge in [-0.3, -0.25) is 14.9 Å². The summed E-state index contributed by atoms with van der Waals surface area (Å²) in [5.74, 6) is -0.0114. The fraction of sp³-hybridized carbons (Fsp3) is 0.211. The van der Waals surface area contributed by atoms with Gasteiger partial charge in [0.15, 0.2) is 0 Å². The molecule has 1 heterocycles. The third kappa shape index (κ3) is 4.05. The largest absolute Gasteiger partial charge is 0.497 e. The number of nitrogens with one attached hydrogen (secondary N) is 2. The molecule has 0 radical (unpaired) electrons. The number of fused-ring (bicyclic) bond motifs is 1. The molecule has 0 aromatic heterocycles. The molecule has 140 valence electrons. The van der Waals surface area contributed by atoms with E-state index in [9.17, 15) is 18.8 Å². The summed E-state index contributed by atoms with van der Waals surface area (Å²) in [4.78, 5) is 36.6. The summed E-state index contributed by atoms with van der Waals surface area (Å²) in [5.41, 5.74) is 2.01. The Labute approximate surface area is 155 Å². The number of imide groups is 1. The van der Waals surface area contributed by atoms with E-state index in [1.54, 1.807) is 17.0 Å². The minimum Gasteiger partial charge on any atom is -0.497 e. The van der Waals surface area contributed by atoms with E-state index >= 15 is 0 Å². The lowest BCUT2D eigenvalue weighted by atomic mass is 10.1. The third-order valence-corrected chi connectivity index (χ3v) is 4.37. The zero-order valence-corrected chi connectivity index (χ0v) is 14.6. The van der Waals surface area contributed by atoms with E-state index in [2.05, 4.69) is 5.32 Å². The van der Waals surface area contributed by atoms with Crippen LogP contribution in [0.4, 0.5) is 9.18 Å². The van der Waals surface area contributed by atoms with Crippen molar-refractivity contribution >= 4 is 18.3 Å². The maximum atomic E-state index is 13.2. The van der Waals surface area contributed by atoms with Crippen LogP contribution in [0, 0.1) is 5.82 Å². The first-order valence-corrected chi connectivity index (χ1v) is 8.24. The maximum absolute atomic E-state index is 13.2. The lowest BCUT2D eigenvalue weighted by Crippen LogP contribution is -2.42. The summed E-state index contributed by atoms with van der Waals surface area (Å²) in [7, 11) is 1.53. The molecular weight excluding hydrogens is 353 g/mol. The molecule has 0 spiro atoms. The monoisotopic (exact) mass is 371 g/mol. The van der Waals surface area contributed by atoms with Crippen LogP contribution in [0.3, 0.4) is 0 Å². The van der Waals surface area contributed by atoms with Crippen molar-refractivity contribution < 1.29 is 23.5 Å². The number of benzene rings is 2. The van der Waals surface area contributed by atoms with Crippen molar-refractivity contribution in [2.75, 3.05) is 13.7 Å². The van der Waals surface area contributed by atoms with Gasteiger partial charge in [-0.25, -0.2) is 9.18 Å². The number of carbonyl (C=O) groups excluding carboxylic acids is 3. The van der Waals surface area contributed by atoms with Crippen LogP contribution < -0.4 is 15.4 Å². The zero-order valence-electron chi connectivity index (χ0n) is 14.6. The van der Waals surface area contributed by atoms with E-state index in [0.29, 0.717) is 23.4 Å². The molecule has 1 aliphatic heterocycles. The molecule has 1 aliphatic rings. The first-order chi connectivity index (χ1) is 13.0. The summed E-state index contributed by atoms with van der Waals surface area (Å²) >= 11 is 0. The molecule has 8 heteroatoms. The minimum atomic E-state index is -0.704. The Morgan fingerprint density at radius 2 is 2.04 bits per heavy atom. The van der Waals surface area contributed by atoms with Crippen molar-refractivity contribution in [2.45, 2.75) is 12.6 Å². The van der Waals surface area contributed by atoms with E-state index < -0.39 is 17.9 Å². The predicted octanol–water partition coefficient (Wildman–Crippen LogP) is 1.99. The third-order valence-electron chi connectivity index (χ3n) is 4.37. The first-order valence-electron chi connectivity index (χ1n) is 8.24. The van der Waals surface area contributed by atoms with Crippen molar-refractivity contribution in [3.63, 3.8) is 0 Å². The second kappa shape index (κ2) is 7.86. The standard InChI is InChI=1S/C19H18FN3O4/c1-27-15-7-4-13-9-23(18(25)16(13)8-15)10-17(22-19(26)21-11-24)12-2-5-14(20)6-3-12/h2-8,11,17H,9-10H2,1H3,(H2,21,22,24,26)/t17-/m0/s1. The van der Waals surface area contributed by atoms with Crippen molar-refractivity contribution in [3.8, 4) is 5.75 Å². The van der Waals surface area contributed by atoms with Crippen LogP contribution in [-0.2, 0) is 11.3 Å². The Morgan fingerprint density at radius 1 is 1.30 bits per heavy atom. The van der Waals surface area contributed by atoms with Crippen LogP contribution in [0.5, 0.6) is 5.75 Å². The minimum absolute atomic E-state index is 0.160. The molecule has 0 saturated heterocycles. The summed E-state index contributed by atoms with van der Waals surface area (Å²) < 4.78 is 18.4. The molecule has 2 N–H and O–H groups in total. The Balaban J connectivity index is 1.81. The van der Waals surface area contributed by atoms with Gasteiger partial charge in [0.05, 0.1) is 13.2 Å². The van der Waals surface area contributed by atoms with E-state index in [4.69, 9.17) is 4.74 Å². The van der Waals surface area contributed by atoms with Crippen molar-refractivity contribution in [2.24, 2.45) is 0 Å². The van der Waals surface area contributed by atoms with Crippen LogP contribution >= 0.6 is 0 Å². The second-order valence-electron chi connectivity index (χ2n) is 6.05. The summed E-state index contributed by atoms with van der Waals surface area (Å²) in [6, 6.07) is 9.55. The Morgan fingerprint density at radius 3 is 2.70 bits per heavy atom. The lowest BCUT2D eigenvalue weighted by molar-refractivity contribution is -0.108. The highest BCUT2D eigenvalue weighted by Gasteiger charge is 2.30. The van der Waals surface area contributed by atoms with Gasteiger partial charge in [-0.2, -0.15) is 0 Å². The van der Waals surface area contributed by atoms with Gasteiger partial charge in [-0.1, -0.05) is 18.2 Å². The topological polar surface area (TPSA) is 87.7 Å². The average Bonchev–Trinajstić information content (AvgIpc) is 2.97.